The van der Waals surface area contributed by atoms with Gasteiger partial charge in [-0.25, -0.2) is 4.39 Å². The zero-order valence-corrected chi connectivity index (χ0v) is 13.1. The maximum Gasteiger partial charge on any atom is 0.123 e. The summed E-state index contributed by atoms with van der Waals surface area (Å²) in [5, 5.41) is 3.81. The summed E-state index contributed by atoms with van der Waals surface area (Å²) in [6, 6.07) is 5.19. The molecule has 0 atom stereocenters. The van der Waals surface area contributed by atoms with Crippen LogP contribution in [0.25, 0.3) is 0 Å². The first-order valence-electron chi connectivity index (χ1n) is 8.39. The lowest BCUT2D eigenvalue weighted by Gasteiger charge is -2.33. The van der Waals surface area contributed by atoms with Crippen LogP contribution in [0.1, 0.15) is 43.2 Å². The molecule has 3 rings (SSSR count). The third-order valence-corrected chi connectivity index (χ3v) is 5.24. The number of rotatable bonds is 3. The quantitative estimate of drug-likeness (QED) is 0.919. The molecule has 0 bridgehead atoms. The van der Waals surface area contributed by atoms with Gasteiger partial charge in [-0.1, -0.05) is 18.9 Å². The van der Waals surface area contributed by atoms with Crippen molar-refractivity contribution in [1.82, 2.24) is 10.2 Å². The average molecular weight is 290 g/mol. The van der Waals surface area contributed by atoms with Crippen LogP contribution in [-0.4, -0.2) is 36.6 Å². The Morgan fingerprint density at radius 1 is 1.24 bits per heavy atom. The van der Waals surface area contributed by atoms with Crippen molar-refractivity contribution in [2.75, 3.05) is 26.2 Å². The second-order valence-electron chi connectivity index (χ2n) is 6.86. The highest BCUT2D eigenvalue weighted by Gasteiger charge is 2.36. The molecular weight excluding hydrogens is 263 g/mol. The highest BCUT2D eigenvalue weighted by Crippen LogP contribution is 2.31. The van der Waals surface area contributed by atoms with E-state index in [4.69, 9.17) is 0 Å². The molecule has 1 saturated carbocycles. The van der Waals surface area contributed by atoms with Crippen molar-refractivity contribution in [2.45, 2.75) is 51.0 Å². The van der Waals surface area contributed by atoms with Gasteiger partial charge in [0.25, 0.3) is 0 Å². The second kappa shape index (κ2) is 6.45. The summed E-state index contributed by atoms with van der Waals surface area (Å²) >= 11 is 0. The highest BCUT2D eigenvalue weighted by molar-refractivity contribution is 5.26. The topological polar surface area (TPSA) is 15.3 Å². The largest absolute Gasteiger partial charge is 0.310 e. The smallest absolute Gasteiger partial charge is 0.123 e. The van der Waals surface area contributed by atoms with Crippen LogP contribution in [0.2, 0.25) is 0 Å². The van der Waals surface area contributed by atoms with Crippen molar-refractivity contribution in [2.24, 2.45) is 0 Å². The van der Waals surface area contributed by atoms with Gasteiger partial charge in [0.1, 0.15) is 5.82 Å². The van der Waals surface area contributed by atoms with Crippen LogP contribution in [0.3, 0.4) is 0 Å². The zero-order valence-electron chi connectivity index (χ0n) is 13.1. The molecule has 0 aromatic heterocycles. The molecule has 116 valence electrons. The maximum absolute atomic E-state index is 13.2. The second-order valence-corrected chi connectivity index (χ2v) is 6.86. The molecule has 2 aliphatic rings. The standard InChI is InChI=1S/C18H27FN2/c1-15-13-17(19)6-5-16(15)7-12-21-11-4-10-20-18(14-21)8-2-3-9-18/h5-6,13,20H,2-4,7-12,14H2,1H3. The number of hydrogen-bond acceptors (Lipinski definition) is 2. The zero-order chi connectivity index (χ0) is 14.7. The first-order valence-corrected chi connectivity index (χ1v) is 8.39. The van der Waals surface area contributed by atoms with Crippen molar-refractivity contribution in [1.29, 1.82) is 0 Å². The summed E-state index contributed by atoms with van der Waals surface area (Å²) in [5.41, 5.74) is 2.75. The monoisotopic (exact) mass is 290 g/mol. The molecule has 1 spiro atoms. The van der Waals surface area contributed by atoms with Crippen LogP contribution in [-0.2, 0) is 6.42 Å². The minimum Gasteiger partial charge on any atom is -0.310 e. The number of halogens is 1. The van der Waals surface area contributed by atoms with Crippen LogP contribution >= 0.6 is 0 Å². The van der Waals surface area contributed by atoms with Gasteiger partial charge in [0.15, 0.2) is 0 Å². The molecule has 1 heterocycles. The Hall–Kier alpha value is -0.930. The fourth-order valence-corrected chi connectivity index (χ4v) is 4.02. The normalized spacial score (nSPS) is 22.6. The minimum atomic E-state index is -0.125. The lowest BCUT2D eigenvalue weighted by atomic mass is 9.97. The Kier molecular flexibility index (Phi) is 4.60. The van der Waals surface area contributed by atoms with E-state index in [-0.39, 0.29) is 5.82 Å². The molecule has 0 radical (unpaired) electrons. The van der Waals surface area contributed by atoms with Crippen molar-refractivity contribution in [3.8, 4) is 0 Å². The van der Waals surface area contributed by atoms with E-state index in [1.54, 1.807) is 12.1 Å². The summed E-state index contributed by atoms with van der Waals surface area (Å²) < 4.78 is 13.2. The third kappa shape index (κ3) is 3.64. The van der Waals surface area contributed by atoms with Crippen molar-refractivity contribution < 1.29 is 4.39 Å². The summed E-state index contributed by atoms with van der Waals surface area (Å²) in [4.78, 5) is 2.62. The minimum absolute atomic E-state index is 0.125. The fourth-order valence-electron chi connectivity index (χ4n) is 4.02. The molecule has 21 heavy (non-hydrogen) atoms. The Morgan fingerprint density at radius 3 is 2.81 bits per heavy atom. The summed E-state index contributed by atoms with van der Waals surface area (Å²) in [5.74, 6) is -0.125. The van der Waals surface area contributed by atoms with Crippen LogP contribution in [0.15, 0.2) is 18.2 Å². The van der Waals surface area contributed by atoms with E-state index in [0.29, 0.717) is 5.54 Å². The van der Waals surface area contributed by atoms with E-state index >= 15 is 0 Å². The van der Waals surface area contributed by atoms with Gasteiger partial charge in [0.2, 0.25) is 0 Å². The van der Waals surface area contributed by atoms with Crippen molar-refractivity contribution >= 4 is 0 Å². The number of nitrogens with one attached hydrogen (secondary N) is 1. The molecule has 2 nitrogen and oxygen atoms in total. The first kappa shape index (κ1) is 15.0. The molecule has 1 aromatic carbocycles. The Balaban J connectivity index is 1.61. The van der Waals surface area contributed by atoms with E-state index in [0.717, 1.165) is 25.1 Å². The summed E-state index contributed by atoms with van der Waals surface area (Å²) in [6.07, 6.45) is 7.68. The van der Waals surface area contributed by atoms with Crippen molar-refractivity contribution in [3.63, 3.8) is 0 Å². The van der Waals surface area contributed by atoms with E-state index in [1.165, 1.54) is 50.8 Å². The molecule has 0 amide bonds. The third-order valence-electron chi connectivity index (χ3n) is 5.24. The first-order chi connectivity index (χ1) is 10.2. The van der Waals surface area contributed by atoms with E-state index in [9.17, 15) is 4.39 Å². The fraction of sp³-hybridized carbons (Fsp3) is 0.667. The molecule has 0 unspecified atom stereocenters. The maximum atomic E-state index is 13.2. The lowest BCUT2D eigenvalue weighted by Crippen LogP contribution is -2.49. The van der Waals surface area contributed by atoms with Gasteiger partial charge in [0.05, 0.1) is 0 Å². The average Bonchev–Trinajstić information content (AvgIpc) is 2.80. The van der Waals surface area contributed by atoms with Gasteiger partial charge in [0, 0.05) is 18.6 Å². The van der Waals surface area contributed by atoms with Crippen LogP contribution < -0.4 is 5.32 Å². The molecular formula is C18H27FN2. The molecule has 1 aliphatic carbocycles. The van der Waals surface area contributed by atoms with Gasteiger partial charge in [-0.3, -0.25) is 0 Å². The van der Waals surface area contributed by atoms with E-state index < -0.39 is 0 Å². The summed E-state index contributed by atoms with van der Waals surface area (Å²) in [7, 11) is 0. The van der Waals surface area contributed by atoms with E-state index in [2.05, 4.69) is 10.2 Å². The van der Waals surface area contributed by atoms with Gasteiger partial charge in [-0.05, 0) is 69.0 Å². The molecule has 2 fully saturated rings. The molecule has 1 saturated heterocycles. The predicted molar refractivity (Wildman–Crippen MR) is 85.1 cm³/mol. The highest BCUT2D eigenvalue weighted by atomic mass is 19.1. The van der Waals surface area contributed by atoms with Gasteiger partial charge in [-0.2, -0.15) is 0 Å². The Labute approximate surface area is 127 Å². The predicted octanol–water partition coefficient (Wildman–Crippen LogP) is 3.28. The Bertz CT molecular complexity index is 480. The molecule has 3 heteroatoms. The SMILES string of the molecule is Cc1cc(F)ccc1CCN1CCCNC2(CCCC2)C1. The lowest BCUT2D eigenvalue weighted by molar-refractivity contribution is 0.212. The van der Waals surface area contributed by atoms with Gasteiger partial charge < -0.3 is 10.2 Å². The van der Waals surface area contributed by atoms with Crippen molar-refractivity contribution in [3.05, 3.63) is 35.1 Å². The Morgan fingerprint density at radius 2 is 2.05 bits per heavy atom. The molecule has 1 N–H and O–H groups in total. The summed E-state index contributed by atoms with van der Waals surface area (Å²) in [6.45, 7) is 6.64. The molecule has 1 aromatic rings. The number of benzene rings is 1. The van der Waals surface area contributed by atoms with Crippen LogP contribution in [0.4, 0.5) is 4.39 Å². The number of nitrogens with zero attached hydrogens (tertiary/aromatic N) is 1. The molecule has 1 aliphatic heterocycles. The van der Waals surface area contributed by atoms with Gasteiger partial charge >= 0.3 is 0 Å². The van der Waals surface area contributed by atoms with Crippen LogP contribution in [0.5, 0.6) is 0 Å². The van der Waals surface area contributed by atoms with Crippen LogP contribution in [0, 0.1) is 12.7 Å². The van der Waals surface area contributed by atoms with E-state index in [1.807, 2.05) is 13.0 Å². The number of aryl methyl sites for hydroxylation is 1. The van der Waals surface area contributed by atoms with Gasteiger partial charge in [-0.15, -0.1) is 0 Å². The number of hydrogen-bond donors (Lipinski definition) is 1.